The maximum absolute atomic E-state index is 6.56. The standard InChI is InChI=1S/C9H21N3/c1-2-3-4-5-6-7-11-8-9-12-10/h10-11H,2-9H2,1H3. The summed E-state index contributed by atoms with van der Waals surface area (Å²) in [7, 11) is 0. The van der Waals surface area contributed by atoms with Crippen LogP contribution >= 0.6 is 0 Å². The molecule has 0 amide bonds. The van der Waals surface area contributed by atoms with Crippen LogP contribution in [0.4, 0.5) is 0 Å². The molecule has 0 radical (unpaired) electrons. The molecule has 0 unspecified atom stereocenters. The summed E-state index contributed by atoms with van der Waals surface area (Å²) < 4.78 is 0. The molecular weight excluding hydrogens is 150 g/mol. The van der Waals surface area contributed by atoms with E-state index < -0.39 is 0 Å². The monoisotopic (exact) mass is 171 g/mol. The lowest BCUT2D eigenvalue weighted by Gasteiger charge is -2.01. The third kappa shape index (κ3) is 9.56. The van der Waals surface area contributed by atoms with Gasteiger partial charge in [0.2, 0.25) is 0 Å². The number of hydrogen-bond acceptors (Lipinski definition) is 3. The Bertz CT molecular complexity index is 93.8. The van der Waals surface area contributed by atoms with E-state index in [1.54, 1.807) is 0 Å². The van der Waals surface area contributed by atoms with Crippen LogP contribution in [0.1, 0.15) is 39.0 Å². The lowest BCUT2D eigenvalue weighted by Crippen LogP contribution is -2.18. The quantitative estimate of drug-likeness (QED) is 0.406. The van der Waals surface area contributed by atoms with E-state index in [-0.39, 0.29) is 0 Å². The largest absolute Gasteiger partial charge is 0.315 e. The number of hydrogen-bond donors (Lipinski definition) is 2. The zero-order chi connectivity index (χ0) is 9.07. The van der Waals surface area contributed by atoms with Gasteiger partial charge in [-0.3, -0.25) is 0 Å². The van der Waals surface area contributed by atoms with E-state index in [1.165, 1.54) is 32.1 Å². The summed E-state index contributed by atoms with van der Waals surface area (Å²) in [5, 5.41) is 6.52. The van der Waals surface area contributed by atoms with Crippen molar-refractivity contribution in [3.63, 3.8) is 0 Å². The lowest BCUT2D eigenvalue weighted by molar-refractivity contribution is 0.584. The van der Waals surface area contributed by atoms with Gasteiger partial charge in [0.15, 0.2) is 0 Å². The number of unbranched alkanes of at least 4 members (excludes halogenated alkanes) is 4. The first kappa shape index (κ1) is 11.6. The highest BCUT2D eigenvalue weighted by atomic mass is 15.0. The van der Waals surface area contributed by atoms with Crippen molar-refractivity contribution in [1.29, 1.82) is 5.53 Å². The fraction of sp³-hybridized carbons (Fsp3) is 1.00. The van der Waals surface area contributed by atoms with Crippen LogP contribution in [-0.4, -0.2) is 19.6 Å². The second kappa shape index (κ2) is 10.6. The maximum Gasteiger partial charge on any atom is 0.0721 e. The molecule has 0 aromatic heterocycles. The van der Waals surface area contributed by atoms with Gasteiger partial charge in [-0.1, -0.05) is 32.6 Å². The summed E-state index contributed by atoms with van der Waals surface area (Å²) in [6.07, 6.45) is 6.63. The highest BCUT2D eigenvalue weighted by Crippen LogP contribution is 2.00. The molecule has 0 aliphatic carbocycles. The fourth-order valence-electron chi connectivity index (χ4n) is 1.11. The summed E-state index contributed by atoms with van der Waals surface area (Å²) in [5.41, 5.74) is 6.56. The molecule has 0 aromatic carbocycles. The Balaban J connectivity index is 2.77. The molecule has 3 heteroatoms. The average molecular weight is 171 g/mol. The summed E-state index contributed by atoms with van der Waals surface area (Å²) in [5.74, 6) is 0. The van der Waals surface area contributed by atoms with Crippen LogP contribution in [0, 0.1) is 5.53 Å². The van der Waals surface area contributed by atoms with Crippen molar-refractivity contribution >= 4 is 0 Å². The van der Waals surface area contributed by atoms with Crippen molar-refractivity contribution < 1.29 is 0 Å². The zero-order valence-electron chi connectivity index (χ0n) is 8.10. The van der Waals surface area contributed by atoms with Crippen LogP contribution in [0.2, 0.25) is 0 Å². The van der Waals surface area contributed by atoms with Crippen molar-refractivity contribution in [2.24, 2.45) is 5.11 Å². The van der Waals surface area contributed by atoms with Gasteiger partial charge in [-0.15, -0.1) is 0 Å². The molecule has 0 rings (SSSR count). The van der Waals surface area contributed by atoms with Crippen molar-refractivity contribution in [3.8, 4) is 0 Å². The van der Waals surface area contributed by atoms with E-state index in [0.29, 0.717) is 6.54 Å². The highest BCUT2D eigenvalue weighted by Gasteiger charge is 1.88. The molecule has 0 atom stereocenters. The SMILES string of the molecule is CCCCCCCNCCN=N. The van der Waals surface area contributed by atoms with Crippen LogP contribution in [0.25, 0.3) is 0 Å². The minimum Gasteiger partial charge on any atom is -0.315 e. The Morgan fingerprint density at radius 1 is 1.08 bits per heavy atom. The summed E-state index contributed by atoms with van der Waals surface area (Å²) in [4.78, 5) is 0. The highest BCUT2D eigenvalue weighted by molar-refractivity contribution is 4.49. The number of nitrogens with zero attached hydrogens (tertiary/aromatic N) is 1. The first-order valence-electron chi connectivity index (χ1n) is 4.95. The Morgan fingerprint density at radius 3 is 2.50 bits per heavy atom. The second-order valence-electron chi connectivity index (χ2n) is 3.05. The summed E-state index contributed by atoms with van der Waals surface area (Å²) >= 11 is 0. The molecule has 72 valence electrons. The van der Waals surface area contributed by atoms with Gasteiger partial charge in [0.05, 0.1) is 6.54 Å². The fourth-order valence-corrected chi connectivity index (χ4v) is 1.11. The van der Waals surface area contributed by atoms with Gasteiger partial charge in [-0.2, -0.15) is 5.11 Å². The maximum atomic E-state index is 6.56. The van der Waals surface area contributed by atoms with Crippen LogP contribution in [0.3, 0.4) is 0 Å². The zero-order valence-corrected chi connectivity index (χ0v) is 8.10. The lowest BCUT2D eigenvalue weighted by atomic mass is 10.1. The van der Waals surface area contributed by atoms with Gasteiger partial charge < -0.3 is 5.32 Å². The van der Waals surface area contributed by atoms with Gasteiger partial charge in [-0.25, -0.2) is 5.53 Å². The minimum atomic E-state index is 0.620. The van der Waals surface area contributed by atoms with E-state index in [2.05, 4.69) is 17.4 Å². The summed E-state index contributed by atoms with van der Waals surface area (Å²) in [6, 6.07) is 0. The molecule has 0 heterocycles. The van der Waals surface area contributed by atoms with Crippen molar-refractivity contribution in [2.45, 2.75) is 39.0 Å². The molecule has 0 bridgehead atoms. The third-order valence-corrected chi connectivity index (χ3v) is 1.86. The predicted octanol–water partition coefficient (Wildman–Crippen LogP) is 2.58. The smallest absolute Gasteiger partial charge is 0.0721 e. The molecule has 0 aromatic rings. The number of rotatable bonds is 9. The third-order valence-electron chi connectivity index (χ3n) is 1.86. The van der Waals surface area contributed by atoms with Gasteiger partial charge in [0.25, 0.3) is 0 Å². The second-order valence-corrected chi connectivity index (χ2v) is 3.05. The van der Waals surface area contributed by atoms with E-state index in [1.807, 2.05) is 0 Å². The van der Waals surface area contributed by atoms with Crippen LogP contribution in [-0.2, 0) is 0 Å². The van der Waals surface area contributed by atoms with Gasteiger partial charge >= 0.3 is 0 Å². The van der Waals surface area contributed by atoms with E-state index in [0.717, 1.165) is 13.1 Å². The summed E-state index contributed by atoms with van der Waals surface area (Å²) in [6.45, 7) is 4.79. The van der Waals surface area contributed by atoms with Gasteiger partial charge in [0.1, 0.15) is 0 Å². The normalized spacial score (nSPS) is 10.1. The Labute approximate surface area is 75.4 Å². The predicted molar refractivity (Wildman–Crippen MR) is 51.6 cm³/mol. The van der Waals surface area contributed by atoms with Gasteiger partial charge in [-0.05, 0) is 13.0 Å². The molecular formula is C9H21N3. The molecule has 3 nitrogen and oxygen atoms in total. The van der Waals surface area contributed by atoms with E-state index in [4.69, 9.17) is 5.53 Å². The Kier molecular flexibility index (Phi) is 10.2. The average Bonchev–Trinajstić information content (AvgIpc) is 2.10. The molecule has 0 saturated carbocycles. The molecule has 0 aliphatic heterocycles. The van der Waals surface area contributed by atoms with Crippen molar-refractivity contribution in [3.05, 3.63) is 0 Å². The molecule has 2 N–H and O–H groups in total. The number of nitrogens with one attached hydrogen (secondary N) is 2. The molecule has 0 saturated heterocycles. The van der Waals surface area contributed by atoms with Crippen molar-refractivity contribution in [1.82, 2.24) is 5.32 Å². The molecule has 0 aliphatic rings. The van der Waals surface area contributed by atoms with Crippen LogP contribution in [0.15, 0.2) is 5.11 Å². The first-order chi connectivity index (χ1) is 5.91. The van der Waals surface area contributed by atoms with Crippen LogP contribution in [0.5, 0.6) is 0 Å². The van der Waals surface area contributed by atoms with Crippen LogP contribution < -0.4 is 5.32 Å². The minimum absolute atomic E-state index is 0.620. The van der Waals surface area contributed by atoms with Crippen molar-refractivity contribution in [2.75, 3.05) is 19.6 Å². The topological polar surface area (TPSA) is 48.2 Å². The Morgan fingerprint density at radius 2 is 1.83 bits per heavy atom. The van der Waals surface area contributed by atoms with E-state index in [9.17, 15) is 0 Å². The Hall–Kier alpha value is -0.440. The van der Waals surface area contributed by atoms with Gasteiger partial charge in [0, 0.05) is 6.54 Å². The molecule has 0 fully saturated rings. The first-order valence-corrected chi connectivity index (χ1v) is 4.95. The molecule has 12 heavy (non-hydrogen) atoms. The molecule has 0 spiro atoms. The van der Waals surface area contributed by atoms with E-state index >= 15 is 0 Å².